The number of benzene rings is 4. The number of hydrogen-bond donors (Lipinski definition) is 0. The van der Waals surface area contributed by atoms with Crippen molar-refractivity contribution in [1.82, 2.24) is 19.3 Å². The highest BCUT2D eigenvalue weighted by Gasteiger charge is 2.35. The molecule has 1 fully saturated rings. The number of hydrogen-bond acceptors (Lipinski definition) is 6. The standard InChI is InChI=1S/C46H49N5O5/c1-4-50-32(2)40(44(52)47(3)37-15-7-5-8-16-37)28-43(50)41-26-34-19-20-49(46(54)56-39-17-9-6-10-18-39)29-36(34)27-42(41)45(53)51-30-35-14-12-11-13-33(35)25-38(51)31-48-21-23-55-24-22-48/h5-18,26-28,38H,4,19-25,29-31H2,1-3H3/t38-/m0/s1. The van der Waals surface area contributed by atoms with Gasteiger partial charge in [0.2, 0.25) is 0 Å². The summed E-state index contributed by atoms with van der Waals surface area (Å²) < 4.78 is 13.5. The van der Waals surface area contributed by atoms with Gasteiger partial charge in [-0.1, -0.05) is 60.7 Å². The van der Waals surface area contributed by atoms with Crippen molar-refractivity contribution in [2.45, 2.75) is 52.4 Å². The number of carbonyl (C=O) groups is 3. The first-order valence-electron chi connectivity index (χ1n) is 19.7. The highest BCUT2D eigenvalue weighted by Crippen LogP contribution is 2.36. The summed E-state index contributed by atoms with van der Waals surface area (Å²) >= 11 is 0. The van der Waals surface area contributed by atoms with E-state index in [4.69, 9.17) is 9.47 Å². The molecule has 56 heavy (non-hydrogen) atoms. The van der Waals surface area contributed by atoms with E-state index in [-0.39, 0.29) is 17.9 Å². The fraction of sp³-hybridized carbons (Fsp3) is 0.326. The van der Waals surface area contributed by atoms with Gasteiger partial charge in [-0.2, -0.15) is 0 Å². The van der Waals surface area contributed by atoms with Crippen LogP contribution in [0.2, 0.25) is 0 Å². The van der Waals surface area contributed by atoms with Gasteiger partial charge in [0.1, 0.15) is 5.75 Å². The zero-order chi connectivity index (χ0) is 38.8. The molecule has 3 aliphatic rings. The minimum atomic E-state index is -0.418. The fourth-order valence-corrected chi connectivity index (χ4v) is 8.47. The van der Waals surface area contributed by atoms with Crippen LogP contribution in [0.15, 0.2) is 103 Å². The Labute approximate surface area is 328 Å². The normalized spacial score (nSPS) is 16.9. The van der Waals surface area contributed by atoms with Gasteiger partial charge in [-0.3, -0.25) is 14.5 Å². The van der Waals surface area contributed by atoms with Crippen molar-refractivity contribution in [2.24, 2.45) is 0 Å². The summed E-state index contributed by atoms with van der Waals surface area (Å²) in [5.74, 6) is 0.319. The molecular formula is C46H49N5O5. The van der Waals surface area contributed by atoms with Crippen molar-refractivity contribution in [3.05, 3.63) is 142 Å². The molecule has 0 bridgehead atoms. The third-order valence-corrected chi connectivity index (χ3v) is 11.6. The van der Waals surface area contributed by atoms with Crippen LogP contribution in [0.4, 0.5) is 10.5 Å². The molecule has 0 saturated carbocycles. The largest absolute Gasteiger partial charge is 0.415 e. The van der Waals surface area contributed by atoms with Crippen LogP contribution in [0.5, 0.6) is 5.75 Å². The molecule has 288 valence electrons. The smallest absolute Gasteiger partial charge is 0.410 e. The Morgan fingerprint density at radius 3 is 2.21 bits per heavy atom. The van der Waals surface area contributed by atoms with Crippen molar-refractivity contribution < 1.29 is 23.9 Å². The first-order chi connectivity index (χ1) is 27.3. The molecule has 1 aromatic heterocycles. The van der Waals surface area contributed by atoms with Crippen LogP contribution >= 0.6 is 0 Å². The summed E-state index contributed by atoms with van der Waals surface area (Å²) in [6.45, 7) is 9.74. The summed E-state index contributed by atoms with van der Waals surface area (Å²) in [5, 5.41) is 0. The van der Waals surface area contributed by atoms with E-state index in [0.29, 0.717) is 62.7 Å². The van der Waals surface area contributed by atoms with Gasteiger partial charge in [0, 0.05) is 87.1 Å². The third kappa shape index (κ3) is 7.46. The lowest BCUT2D eigenvalue weighted by molar-refractivity contribution is 0.0193. The van der Waals surface area contributed by atoms with Crippen LogP contribution in [0.1, 0.15) is 55.6 Å². The van der Waals surface area contributed by atoms with Crippen LogP contribution in [0.25, 0.3) is 11.3 Å². The van der Waals surface area contributed by atoms with Crippen molar-refractivity contribution in [3.8, 4) is 17.0 Å². The highest BCUT2D eigenvalue weighted by molar-refractivity contribution is 6.08. The van der Waals surface area contributed by atoms with Crippen molar-refractivity contribution in [2.75, 3.05) is 51.3 Å². The first-order valence-corrected chi connectivity index (χ1v) is 19.7. The Hall–Kier alpha value is -5.71. The van der Waals surface area contributed by atoms with E-state index in [1.54, 1.807) is 29.0 Å². The van der Waals surface area contributed by atoms with Crippen LogP contribution in [-0.2, 0) is 37.2 Å². The van der Waals surface area contributed by atoms with E-state index in [1.807, 2.05) is 73.7 Å². The average Bonchev–Trinajstić information content (AvgIpc) is 3.58. The Kier molecular flexibility index (Phi) is 10.8. The summed E-state index contributed by atoms with van der Waals surface area (Å²) in [6, 6.07) is 33.2. The number of ether oxygens (including phenoxy) is 2. The van der Waals surface area contributed by atoms with Crippen LogP contribution in [0, 0.1) is 6.92 Å². The second-order valence-electron chi connectivity index (χ2n) is 15.0. The molecule has 10 nitrogen and oxygen atoms in total. The maximum atomic E-state index is 15.4. The second kappa shape index (κ2) is 16.2. The molecule has 0 N–H and O–H groups in total. The number of morpholine rings is 1. The fourth-order valence-electron chi connectivity index (χ4n) is 8.47. The van der Waals surface area contributed by atoms with Gasteiger partial charge in [0.05, 0.1) is 18.8 Å². The predicted octanol–water partition coefficient (Wildman–Crippen LogP) is 7.22. The molecule has 1 saturated heterocycles. The molecule has 10 heteroatoms. The topological polar surface area (TPSA) is 87.6 Å². The SMILES string of the molecule is CCn1c(-c2cc3c(cc2C(=O)N2Cc4ccccc4C[C@H]2CN2CCOCC2)CN(C(=O)Oc2ccccc2)CC3)cc(C(=O)N(C)c2ccccc2)c1C. The first kappa shape index (κ1) is 37.2. The molecular weight excluding hydrogens is 703 g/mol. The average molecular weight is 752 g/mol. The van der Waals surface area contributed by atoms with Gasteiger partial charge in [0.25, 0.3) is 11.8 Å². The Bertz CT molecular complexity index is 2230. The molecule has 0 aliphatic carbocycles. The van der Waals surface area contributed by atoms with E-state index >= 15 is 4.79 Å². The molecule has 4 heterocycles. The number of para-hydroxylation sites is 2. The quantitative estimate of drug-likeness (QED) is 0.167. The summed E-state index contributed by atoms with van der Waals surface area (Å²) in [5.41, 5.74) is 8.85. The minimum absolute atomic E-state index is 0.0481. The zero-order valence-corrected chi connectivity index (χ0v) is 32.4. The lowest BCUT2D eigenvalue weighted by Gasteiger charge is -2.41. The number of carbonyl (C=O) groups excluding carboxylic acids is 3. The van der Waals surface area contributed by atoms with Crippen molar-refractivity contribution in [3.63, 3.8) is 0 Å². The van der Waals surface area contributed by atoms with E-state index in [1.165, 1.54) is 5.56 Å². The number of amides is 3. The summed E-state index contributed by atoms with van der Waals surface area (Å²) in [6.07, 6.45) is 0.942. The molecule has 0 spiro atoms. The van der Waals surface area contributed by atoms with Gasteiger partial charge in [-0.05, 0) is 91.4 Å². The van der Waals surface area contributed by atoms with Gasteiger partial charge >= 0.3 is 6.09 Å². The van der Waals surface area contributed by atoms with Crippen LogP contribution in [0.3, 0.4) is 0 Å². The molecule has 4 aromatic carbocycles. The van der Waals surface area contributed by atoms with E-state index in [0.717, 1.165) is 65.4 Å². The van der Waals surface area contributed by atoms with Gasteiger partial charge in [-0.25, -0.2) is 4.79 Å². The molecule has 3 amide bonds. The lowest BCUT2D eigenvalue weighted by Crippen LogP contribution is -2.52. The van der Waals surface area contributed by atoms with Crippen LogP contribution in [-0.4, -0.2) is 89.7 Å². The summed E-state index contributed by atoms with van der Waals surface area (Å²) in [4.78, 5) is 50.8. The van der Waals surface area contributed by atoms with Gasteiger partial charge in [-0.15, -0.1) is 0 Å². The van der Waals surface area contributed by atoms with Gasteiger partial charge < -0.3 is 28.7 Å². The maximum absolute atomic E-state index is 15.4. The van der Waals surface area contributed by atoms with Crippen molar-refractivity contribution in [1.29, 1.82) is 0 Å². The zero-order valence-electron chi connectivity index (χ0n) is 32.4. The lowest BCUT2D eigenvalue weighted by atomic mass is 9.89. The Balaban J connectivity index is 1.21. The monoisotopic (exact) mass is 751 g/mol. The number of nitrogens with zero attached hydrogens (tertiary/aromatic N) is 5. The van der Waals surface area contributed by atoms with Crippen molar-refractivity contribution >= 4 is 23.6 Å². The second-order valence-corrected chi connectivity index (χ2v) is 15.0. The Morgan fingerprint density at radius 2 is 1.48 bits per heavy atom. The minimum Gasteiger partial charge on any atom is -0.410 e. The number of fused-ring (bicyclic) bond motifs is 2. The molecule has 0 unspecified atom stereocenters. The molecule has 0 radical (unpaired) electrons. The van der Waals surface area contributed by atoms with E-state index in [9.17, 15) is 9.59 Å². The molecule has 1 atom stereocenters. The molecule has 3 aliphatic heterocycles. The Morgan fingerprint density at radius 1 is 0.786 bits per heavy atom. The maximum Gasteiger partial charge on any atom is 0.415 e. The van der Waals surface area contributed by atoms with E-state index in [2.05, 4.69) is 45.6 Å². The van der Waals surface area contributed by atoms with Gasteiger partial charge in [0.15, 0.2) is 0 Å². The number of aromatic nitrogens is 1. The highest BCUT2D eigenvalue weighted by atomic mass is 16.6. The molecule has 5 aromatic rings. The number of rotatable bonds is 8. The molecule has 8 rings (SSSR count). The third-order valence-electron chi connectivity index (χ3n) is 11.6. The van der Waals surface area contributed by atoms with Crippen LogP contribution < -0.4 is 9.64 Å². The summed E-state index contributed by atoms with van der Waals surface area (Å²) in [7, 11) is 1.80. The van der Waals surface area contributed by atoms with E-state index < -0.39 is 6.09 Å². The predicted molar refractivity (Wildman–Crippen MR) is 217 cm³/mol. The number of anilines is 1.